The molecule has 0 saturated heterocycles. The van der Waals surface area contributed by atoms with Crippen LogP contribution in [0.3, 0.4) is 0 Å². The van der Waals surface area contributed by atoms with E-state index in [1.165, 1.54) is 34.3 Å². The number of hydrogen-bond acceptors (Lipinski definition) is 4. The molecule has 0 saturated carbocycles. The second kappa shape index (κ2) is 8.50. The molecule has 0 radical (unpaired) electrons. The molecule has 1 aliphatic heterocycles. The van der Waals surface area contributed by atoms with Crippen LogP contribution in [-0.2, 0) is 36.0 Å². The number of hydrogen-bond donors (Lipinski definition) is 0. The summed E-state index contributed by atoms with van der Waals surface area (Å²) in [7, 11) is -3.62. The molecule has 0 unspecified atom stereocenters. The summed E-state index contributed by atoms with van der Waals surface area (Å²) in [5.41, 5.74) is 5.35. The van der Waals surface area contributed by atoms with Gasteiger partial charge in [0.25, 0.3) is 0 Å². The Balaban J connectivity index is 1.53. The van der Waals surface area contributed by atoms with E-state index in [1.807, 2.05) is 6.07 Å². The molecule has 6 heteroatoms. The fourth-order valence-corrected chi connectivity index (χ4v) is 6.28. The van der Waals surface area contributed by atoms with Gasteiger partial charge in [-0.05, 0) is 79.2 Å². The van der Waals surface area contributed by atoms with Gasteiger partial charge in [0.1, 0.15) is 0 Å². The Labute approximate surface area is 180 Å². The molecule has 30 heavy (non-hydrogen) atoms. The lowest BCUT2D eigenvalue weighted by molar-refractivity contribution is 0.202. The van der Waals surface area contributed by atoms with Crippen molar-refractivity contribution in [2.45, 2.75) is 63.6 Å². The minimum absolute atomic E-state index is 0.191. The van der Waals surface area contributed by atoms with Crippen LogP contribution in [0, 0.1) is 11.3 Å². The predicted molar refractivity (Wildman–Crippen MR) is 117 cm³/mol. The number of sulfonamides is 1. The van der Waals surface area contributed by atoms with Gasteiger partial charge < -0.3 is 0 Å². The first-order valence-corrected chi connectivity index (χ1v) is 12.3. The molecular formula is C24H29N3O2S. The number of nitrogens with zero attached hydrogens (tertiary/aromatic N) is 3. The summed E-state index contributed by atoms with van der Waals surface area (Å²) < 4.78 is 27.8. The number of benzene rings is 2. The van der Waals surface area contributed by atoms with Gasteiger partial charge in [0.15, 0.2) is 0 Å². The van der Waals surface area contributed by atoms with Gasteiger partial charge >= 0.3 is 0 Å². The molecule has 0 aromatic heterocycles. The first-order valence-electron chi connectivity index (χ1n) is 10.8. The molecule has 4 rings (SSSR count). The van der Waals surface area contributed by atoms with Crippen molar-refractivity contribution in [3.05, 3.63) is 64.2 Å². The summed E-state index contributed by atoms with van der Waals surface area (Å²) in [6.07, 6.45) is 4.45. The summed E-state index contributed by atoms with van der Waals surface area (Å²) in [6, 6.07) is 13.3. The van der Waals surface area contributed by atoms with Crippen molar-refractivity contribution in [3.8, 4) is 6.07 Å². The van der Waals surface area contributed by atoms with E-state index in [1.54, 1.807) is 18.2 Å². The van der Waals surface area contributed by atoms with Crippen LogP contribution >= 0.6 is 0 Å². The molecule has 0 amide bonds. The summed E-state index contributed by atoms with van der Waals surface area (Å²) in [6.45, 7) is 7.56. The standard InChI is InChI=1S/C24H29N3O2S/c1-3-8-26(9-4-2)23-13-19-11-21-16-27(17-22(21)12-20(19)14-23)30(28,29)24-7-5-6-18(10-24)15-25/h5-7,10-12,23H,3-4,8-9,13-14,16-17H2,1-2H3. The lowest BCUT2D eigenvalue weighted by Gasteiger charge is -2.27. The molecule has 0 fully saturated rings. The van der Waals surface area contributed by atoms with Gasteiger partial charge in [0.05, 0.1) is 16.5 Å². The highest BCUT2D eigenvalue weighted by molar-refractivity contribution is 7.89. The van der Waals surface area contributed by atoms with Crippen LogP contribution < -0.4 is 0 Å². The van der Waals surface area contributed by atoms with E-state index >= 15 is 0 Å². The SMILES string of the molecule is CCCN(CCC)C1Cc2cc3c(cc2C1)CN(S(=O)(=O)c1cccc(C#N)c1)C3. The number of rotatable bonds is 7. The summed E-state index contributed by atoms with van der Waals surface area (Å²) in [5.74, 6) is 0. The number of nitriles is 1. The molecule has 1 aliphatic carbocycles. The van der Waals surface area contributed by atoms with E-state index in [0.717, 1.165) is 37.1 Å². The minimum atomic E-state index is -3.62. The first kappa shape index (κ1) is 21.0. The Morgan fingerprint density at radius 2 is 1.60 bits per heavy atom. The third kappa shape index (κ3) is 3.90. The molecule has 0 spiro atoms. The van der Waals surface area contributed by atoms with Crippen LogP contribution in [0.1, 0.15) is 54.5 Å². The van der Waals surface area contributed by atoms with Crippen LogP contribution in [-0.4, -0.2) is 36.8 Å². The largest absolute Gasteiger partial charge is 0.300 e. The highest BCUT2D eigenvalue weighted by atomic mass is 32.2. The van der Waals surface area contributed by atoms with Crippen molar-refractivity contribution < 1.29 is 8.42 Å². The maximum absolute atomic E-state index is 13.1. The zero-order chi connectivity index (χ0) is 21.3. The molecule has 0 N–H and O–H groups in total. The zero-order valence-electron chi connectivity index (χ0n) is 17.8. The lowest BCUT2D eigenvalue weighted by atomic mass is 10.0. The maximum atomic E-state index is 13.1. The van der Waals surface area contributed by atoms with E-state index < -0.39 is 10.0 Å². The van der Waals surface area contributed by atoms with E-state index in [2.05, 4.69) is 30.9 Å². The number of fused-ring (bicyclic) bond motifs is 2. The van der Waals surface area contributed by atoms with E-state index in [9.17, 15) is 8.42 Å². The summed E-state index contributed by atoms with van der Waals surface area (Å²) in [4.78, 5) is 2.81. The molecule has 2 aromatic rings. The molecule has 158 valence electrons. The van der Waals surface area contributed by atoms with Crippen molar-refractivity contribution in [1.29, 1.82) is 5.26 Å². The first-order chi connectivity index (χ1) is 14.5. The summed E-state index contributed by atoms with van der Waals surface area (Å²) in [5, 5.41) is 9.10. The van der Waals surface area contributed by atoms with Gasteiger partial charge in [-0.2, -0.15) is 9.57 Å². The Morgan fingerprint density at radius 3 is 2.13 bits per heavy atom. The zero-order valence-corrected chi connectivity index (χ0v) is 18.6. The molecule has 5 nitrogen and oxygen atoms in total. The average molecular weight is 424 g/mol. The highest BCUT2D eigenvalue weighted by Crippen LogP contribution is 2.35. The van der Waals surface area contributed by atoms with Crippen LogP contribution in [0.15, 0.2) is 41.3 Å². The quantitative estimate of drug-likeness (QED) is 0.678. The summed E-state index contributed by atoms with van der Waals surface area (Å²) >= 11 is 0. The van der Waals surface area contributed by atoms with Gasteiger partial charge in [-0.1, -0.05) is 32.0 Å². The smallest absolute Gasteiger partial charge is 0.243 e. The Hall–Kier alpha value is -2.20. The molecule has 2 aliphatic rings. The van der Waals surface area contributed by atoms with Gasteiger partial charge in [0, 0.05) is 19.1 Å². The van der Waals surface area contributed by atoms with Crippen molar-refractivity contribution >= 4 is 10.0 Å². The Bertz CT molecular complexity index is 1050. The molecule has 2 aromatic carbocycles. The minimum Gasteiger partial charge on any atom is -0.300 e. The van der Waals surface area contributed by atoms with Gasteiger partial charge in [-0.3, -0.25) is 4.90 Å². The Morgan fingerprint density at radius 1 is 1.00 bits per heavy atom. The van der Waals surface area contributed by atoms with Gasteiger partial charge in [-0.15, -0.1) is 0 Å². The average Bonchev–Trinajstić information content (AvgIpc) is 3.35. The molecule has 0 bridgehead atoms. The predicted octanol–water partition coefficient (Wildman–Crippen LogP) is 3.85. The maximum Gasteiger partial charge on any atom is 0.243 e. The Kier molecular flexibility index (Phi) is 5.97. The second-order valence-electron chi connectivity index (χ2n) is 8.40. The third-order valence-electron chi connectivity index (χ3n) is 6.27. The monoisotopic (exact) mass is 423 g/mol. The topological polar surface area (TPSA) is 64.4 Å². The van der Waals surface area contributed by atoms with Crippen molar-refractivity contribution in [2.75, 3.05) is 13.1 Å². The van der Waals surface area contributed by atoms with Crippen LogP contribution in [0.5, 0.6) is 0 Å². The lowest BCUT2D eigenvalue weighted by Crippen LogP contribution is -2.37. The van der Waals surface area contributed by atoms with E-state index in [0.29, 0.717) is 24.7 Å². The molecule has 0 atom stereocenters. The highest BCUT2D eigenvalue weighted by Gasteiger charge is 2.33. The third-order valence-corrected chi connectivity index (χ3v) is 8.05. The second-order valence-corrected chi connectivity index (χ2v) is 10.3. The van der Waals surface area contributed by atoms with Gasteiger partial charge in [-0.25, -0.2) is 8.42 Å². The van der Waals surface area contributed by atoms with Crippen LogP contribution in [0.2, 0.25) is 0 Å². The van der Waals surface area contributed by atoms with E-state index in [4.69, 9.17) is 5.26 Å². The molecular weight excluding hydrogens is 394 g/mol. The van der Waals surface area contributed by atoms with E-state index in [-0.39, 0.29) is 4.90 Å². The fourth-order valence-electron chi connectivity index (χ4n) is 4.84. The fraction of sp³-hybridized carbons (Fsp3) is 0.458. The van der Waals surface area contributed by atoms with Crippen molar-refractivity contribution in [2.24, 2.45) is 0 Å². The normalized spacial score (nSPS) is 16.6. The van der Waals surface area contributed by atoms with Crippen molar-refractivity contribution in [3.63, 3.8) is 0 Å². The van der Waals surface area contributed by atoms with Crippen LogP contribution in [0.4, 0.5) is 0 Å². The molecule has 1 heterocycles. The van der Waals surface area contributed by atoms with Crippen molar-refractivity contribution in [1.82, 2.24) is 9.21 Å². The van der Waals surface area contributed by atoms with Crippen LogP contribution in [0.25, 0.3) is 0 Å². The van der Waals surface area contributed by atoms with Gasteiger partial charge in [0.2, 0.25) is 10.0 Å².